The first kappa shape index (κ1) is 16.6. The van der Waals surface area contributed by atoms with Crippen LogP contribution in [0.5, 0.6) is 0 Å². The molecule has 21 heavy (non-hydrogen) atoms. The fraction of sp³-hybridized carbons (Fsp3) is 0.765. The highest BCUT2D eigenvalue weighted by Gasteiger charge is 2.25. The Morgan fingerprint density at radius 3 is 2.29 bits per heavy atom. The van der Waals surface area contributed by atoms with Crippen molar-refractivity contribution in [3.63, 3.8) is 0 Å². The second kappa shape index (κ2) is 7.01. The number of likely N-dealkylation sites (tertiary alicyclic amines) is 1. The van der Waals surface area contributed by atoms with Gasteiger partial charge >= 0.3 is 0 Å². The normalized spacial score (nSPS) is 17.7. The molecule has 1 fully saturated rings. The SMILES string of the molecule is CC(=O)c1sc(CCN2CCCCCC2)nc1C(C)(C)C. The van der Waals surface area contributed by atoms with Gasteiger partial charge in [0.05, 0.1) is 15.6 Å². The van der Waals surface area contributed by atoms with E-state index < -0.39 is 0 Å². The maximum absolute atomic E-state index is 11.8. The minimum absolute atomic E-state index is 0.0572. The van der Waals surface area contributed by atoms with Gasteiger partial charge in [-0.1, -0.05) is 33.6 Å². The van der Waals surface area contributed by atoms with E-state index in [1.54, 1.807) is 18.3 Å². The summed E-state index contributed by atoms with van der Waals surface area (Å²) in [5, 5.41) is 1.12. The van der Waals surface area contributed by atoms with Gasteiger partial charge in [0, 0.05) is 25.3 Å². The third-order valence-corrected chi connectivity index (χ3v) is 5.26. The summed E-state index contributed by atoms with van der Waals surface area (Å²) >= 11 is 1.60. The van der Waals surface area contributed by atoms with Crippen molar-refractivity contribution in [2.75, 3.05) is 19.6 Å². The summed E-state index contributed by atoms with van der Waals surface area (Å²) in [4.78, 5) is 20.0. The molecule has 118 valence electrons. The van der Waals surface area contributed by atoms with Crippen LogP contribution in [-0.2, 0) is 11.8 Å². The summed E-state index contributed by atoms with van der Waals surface area (Å²) in [7, 11) is 0. The average molecular weight is 308 g/mol. The first-order valence-electron chi connectivity index (χ1n) is 8.11. The number of nitrogens with zero attached hydrogens (tertiary/aromatic N) is 2. The molecule has 1 aliphatic heterocycles. The summed E-state index contributed by atoms with van der Waals surface area (Å²) in [5.41, 5.74) is 0.920. The van der Waals surface area contributed by atoms with Crippen molar-refractivity contribution in [2.24, 2.45) is 0 Å². The number of rotatable bonds is 4. The molecule has 0 N–H and O–H groups in total. The lowest BCUT2D eigenvalue weighted by atomic mass is 9.91. The van der Waals surface area contributed by atoms with Gasteiger partial charge in [-0.3, -0.25) is 4.79 Å². The van der Waals surface area contributed by atoms with Crippen molar-refractivity contribution in [3.05, 3.63) is 15.6 Å². The Morgan fingerprint density at radius 2 is 1.81 bits per heavy atom. The van der Waals surface area contributed by atoms with Crippen LogP contribution in [0.15, 0.2) is 0 Å². The lowest BCUT2D eigenvalue weighted by Gasteiger charge is -2.18. The Morgan fingerprint density at radius 1 is 1.19 bits per heavy atom. The maximum Gasteiger partial charge on any atom is 0.171 e. The van der Waals surface area contributed by atoms with E-state index in [1.165, 1.54) is 38.8 Å². The van der Waals surface area contributed by atoms with Gasteiger partial charge in [0.2, 0.25) is 0 Å². The van der Waals surface area contributed by atoms with Gasteiger partial charge in [-0.2, -0.15) is 0 Å². The number of carbonyl (C=O) groups is 1. The zero-order valence-electron chi connectivity index (χ0n) is 13.9. The molecule has 0 bridgehead atoms. The van der Waals surface area contributed by atoms with Crippen LogP contribution in [0.2, 0.25) is 0 Å². The van der Waals surface area contributed by atoms with E-state index in [4.69, 9.17) is 4.98 Å². The van der Waals surface area contributed by atoms with Crippen molar-refractivity contribution in [2.45, 2.75) is 65.2 Å². The highest BCUT2D eigenvalue weighted by Crippen LogP contribution is 2.30. The van der Waals surface area contributed by atoms with Crippen molar-refractivity contribution in [1.29, 1.82) is 0 Å². The van der Waals surface area contributed by atoms with Gasteiger partial charge in [0.15, 0.2) is 5.78 Å². The number of thiazole rings is 1. The zero-order chi connectivity index (χ0) is 15.5. The van der Waals surface area contributed by atoms with Gasteiger partial charge in [-0.05, 0) is 25.9 Å². The number of ketones is 1. The van der Waals surface area contributed by atoms with Gasteiger partial charge in [-0.25, -0.2) is 4.98 Å². The van der Waals surface area contributed by atoms with Crippen LogP contribution >= 0.6 is 11.3 Å². The average Bonchev–Trinajstić information content (AvgIpc) is 2.67. The molecule has 0 unspecified atom stereocenters. The molecule has 0 radical (unpaired) electrons. The highest BCUT2D eigenvalue weighted by molar-refractivity contribution is 7.13. The zero-order valence-corrected chi connectivity index (χ0v) is 14.7. The fourth-order valence-corrected chi connectivity index (χ4v) is 3.99. The molecule has 1 aromatic heterocycles. The van der Waals surface area contributed by atoms with Crippen molar-refractivity contribution >= 4 is 17.1 Å². The molecule has 2 heterocycles. The molecule has 0 aliphatic carbocycles. The van der Waals surface area contributed by atoms with Crippen LogP contribution in [0, 0.1) is 0 Å². The summed E-state index contributed by atoms with van der Waals surface area (Å²) in [6.07, 6.45) is 6.36. The van der Waals surface area contributed by atoms with E-state index >= 15 is 0 Å². The maximum atomic E-state index is 11.8. The Labute approximate surface area is 132 Å². The quantitative estimate of drug-likeness (QED) is 0.786. The molecule has 1 aliphatic rings. The van der Waals surface area contributed by atoms with Gasteiger partial charge in [-0.15, -0.1) is 11.3 Å². The van der Waals surface area contributed by atoms with Crippen LogP contribution in [-0.4, -0.2) is 35.3 Å². The molecule has 3 nitrogen and oxygen atoms in total. The second-order valence-corrected chi connectivity index (χ2v) is 8.18. The molecule has 0 atom stereocenters. The predicted molar refractivity (Wildman–Crippen MR) is 89.4 cm³/mol. The number of carbonyl (C=O) groups excluding carboxylic acids is 1. The van der Waals surface area contributed by atoms with E-state index in [9.17, 15) is 4.79 Å². The number of aromatic nitrogens is 1. The minimum atomic E-state index is -0.0572. The van der Waals surface area contributed by atoms with Gasteiger partial charge < -0.3 is 4.90 Å². The Bertz CT molecular complexity index is 479. The molecule has 1 saturated heterocycles. The molecule has 0 saturated carbocycles. The largest absolute Gasteiger partial charge is 0.303 e. The van der Waals surface area contributed by atoms with Crippen LogP contribution in [0.4, 0.5) is 0 Å². The lowest BCUT2D eigenvalue weighted by Crippen LogP contribution is -2.27. The predicted octanol–water partition coefficient (Wildman–Crippen LogP) is 4.06. The third kappa shape index (κ3) is 4.62. The highest BCUT2D eigenvalue weighted by atomic mass is 32.1. The molecule has 4 heteroatoms. The molecular formula is C17H28N2OS. The Kier molecular flexibility index (Phi) is 5.55. The second-order valence-electron chi connectivity index (χ2n) is 7.10. The van der Waals surface area contributed by atoms with Crippen molar-refractivity contribution in [3.8, 4) is 0 Å². The van der Waals surface area contributed by atoms with Crippen LogP contribution < -0.4 is 0 Å². The van der Waals surface area contributed by atoms with Crippen molar-refractivity contribution < 1.29 is 4.79 Å². The molecule has 1 aromatic rings. The van der Waals surface area contributed by atoms with E-state index in [1.807, 2.05) is 0 Å². The van der Waals surface area contributed by atoms with E-state index in [0.717, 1.165) is 28.5 Å². The van der Waals surface area contributed by atoms with Crippen molar-refractivity contribution in [1.82, 2.24) is 9.88 Å². The monoisotopic (exact) mass is 308 g/mol. The topological polar surface area (TPSA) is 33.2 Å². The fourth-order valence-electron chi connectivity index (χ4n) is 2.83. The Balaban J connectivity index is 2.05. The molecular weight excluding hydrogens is 280 g/mol. The summed E-state index contributed by atoms with van der Waals surface area (Å²) in [6, 6.07) is 0. The smallest absolute Gasteiger partial charge is 0.171 e. The van der Waals surface area contributed by atoms with Crippen LogP contribution in [0.25, 0.3) is 0 Å². The molecule has 2 rings (SSSR count). The standard InChI is InChI=1S/C17H28N2OS/c1-13(20)15-16(17(2,3)4)18-14(21-15)9-12-19-10-7-5-6-8-11-19/h5-12H2,1-4H3. The molecule has 0 spiro atoms. The number of hydrogen-bond donors (Lipinski definition) is 0. The summed E-state index contributed by atoms with van der Waals surface area (Å²) < 4.78 is 0. The van der Waals surface area contributed by atoms with E-state index in [0.29, 0.717) is 0 Å². The first-order valence-corrected chi connectivity index (χ1v) is 8.93. The van der Waals surface area contributed by atoms with Gasteiger partial charge in [0.1, 0.15) is 0 Å². The molecule has 0 amide bonds. The number of hydrogen-bond acceptors (Lipinski definition) is 4. The summed E-state index contributed by atoms with van der Waals surface area (Å²) in [5.74, 6) is 0.151. The van der Waals surface area contributed by atoms with E-state index in [-0.39, 0.29) is 11.2 Å². The Hall–Kier alpha value is -0.740. The number of Topliss-reactive ketones (excluding diaryl/α,β-unsaturated/α-hetero) is 1. The van der Waals surface area contributed by atoms with Gasteiger partial charge in [0.25, 0.3) is 0 Å². The summed E-state index contributed by atoms with van der Waals surface area (Å²) in [6.45, 7) is 11.6. The van der Waals surface area contributed by atoms with Crippen LogP contribution in [0.1, 0.15) is 73.8 Å². The van der Waals surface area contributed by atoms with E-state index in [2.05, 4.69) is 25.7 Å². The lowest BCUT2D eigenvalue weighted by molar-refractivity contribution is 0.101. The molecule has 0 aromatic carbocycles. The first-order chi connectivity index (χ1) is 9.88. The minimum Gasteiger partial charge on any atom is -0.303 e. The third-order valence-electron chi connectivity index (χ3n) is 4.04. The van der Waals surface area contributed by atoms with Crippen LogP contribution in [0.3, 0.4) is 0 Å².